The number of nitrogens with zero attached hydrogens (tertiary/aromatic N) is 4. The molecule has 8 aromatic rings. The van der Waals surface area contributed by atoms with Crippen molar-refractivity contribution in [3.8, 4) is 0 Å². The van der Waals surface area contributed by atoms with Gasteiger partial charge in [0.25, 0.3) is 22.3 Å². The fourth-order valence-corrected chi connectivity index (χ4v) is 15.8. The molecular weight excluding hydrogens is 801 g/mol. The summed E-state index contributed by atoms with van der Waals surface area (Å²) in [7, 11) is -5.93. The summed E-state index contributed by atoms with van der Waals surface area (Å²) in [5.74, 6) is 0. The highest BCUT2D eigenvalue weighted by atomic mass is 28.4. The van der Waals surface area contributed by atoms with Gasteiger partial charge in [0.05, 0.1) is 29.5 Å². The molecule has 0 atom stereocenters. The third-order valence-electron chi connectivity index (χ3n) is 11.0. The Morgan fingerprint density at radius 1 is 0.403 bits per heavy atom. The average molecular weight is 847 g/mol. The molecular formula is C52H46N4O4Si2. The number of benzene rings is 8. The van der Waals surface area contributed by atoms with E-state index in [1.807, 2.05) is 12.1 Å². The largest absolute Gasteiger partial charge is 0.402 e. The van der Waals surface area contributed by atoms with Gasteiger partial charge in [0.1, 0.15) is 0 Å². The molecule has 8 aromatic carbocycles. The van der Waals surface area contributed by atoms with Gasteiger partial charge in [0.2, 0.25) is 0 Å². The van der Waals surface area contributed by atoms with Gasteiger partial charge in [-0.05, 0) is 67.5 Å². The van der Waals surface area contributed by atoms with Crippen molar-refractivity contribution >= 4 is 70.5 Å². The Bertz CT molecular complexity index is 2320. The molecule has 8 nitrogen and oxygen atoms in total. The second kappa shape index (κ2) is 20.0. The van der Waals surface area contributed by atoms with Gasteiger partial charge < -0.3 is 13.8 Å². The smallest absolute Gasteiger partial charge is 0.288 e. The lowest BCUT2D eigenvalue weighted by Gasteiger charge is -2.36. The van der Waals surface area contributed by atoms with Gasteiger partial charge in [0.15, 0.2) is 0 Å². The van der Waals surface area contributed by atoms with Crippen molar-refractivity contribution in [3.05, 3.63) is 241 Å². The SMILES string of the molecule is O=[N+]([O-])c1ccc(N=Nc2ccc(N(CCO[Si](c3ccccc3)(c3ccccc3)c3ccccc3)CCO[Si](c3ccccc3)(c3ccccc3)c3ccccc3)cc2)cc1. The highest BCUT2D eigenvalue weighted by Gasteiger charge is 2.43. The van der Waals surface area contributed by atoms with E-state index >= 15 is 0 Å². The van der Waals surface area contributed by atoms with E-state index in [0.717, 1.165) is 5.69 Å². The van der Waals surface area contributed by atoms with E-state index < -0.39 is 21.6 Å². The van der Waals surface area contributed by atoms with Gasteiger partial charge >= 0.3 is 0 Å². The standard InChI is InChI=1S/C52H46N4O4Si2/c57-56(58)46-37-33-44(34-38-46)54-53-43-31-35-45(36-32-43)55(39-41-59-61(47-19-7-1-8-20-47,48-21-9-2-10-22-48)49-23-11-3-12-24-49)40-42-60-62(50-25-13-4-14-26-50,51-27-15-5-16-28-51)52-29-17-6-18-30-52/h1-38H,39-42H2. The van der Waals surface area contributed by atoms with Gasteiger partial charge in [-0.3, -0.25) is 10.1 Å². The van der Waals surface area contributed by atoms with Crippen molar-refractivity contribution in [2.45, 2.75) is 0 Å². The van der Waals surface area contributed by atoms with Crippen molar-refractivity contribution in [2.75, 3.05) is 31.2 Å². The maximum Gasteiger partial charge on any atom is 0.288 e. The maximum atomic E-state index is 11.1. The quantitative estimate of drug-likeness (QED) is 0.0286. The van der Waals surface area contributed by atoms with Crippen LogP contribution >= 0.6 is 0 Å². The van der Waals surface area contributed by atoms with Crippen LogP contribution in [0, 0.1) is 10.1 Å². The van der Waals surface area contributed by atoms with Crippen molar-refractivity contribution < 1.29 is 13.8 Å². The van der Waals surface area contributed by atoms with Gasteiger partial charge in [-0.1, -0.05) is 182 Å². The third-order valence-corrected chi connectivity index (χ3v) is 19.2. The predicted octanol–water partition coefficient (Wildman–Crippen LogP) is 8.18. The number of anilines is 1. The second-order valence-corrected chi connectivity index (χ2v) is 21.5. The number of nitro groups is 1. The predicted molar refractivity (Wildman–Crippen MR) is 256 cm³/mol. The van der Waals surface area contributed by atoms with E-state index in [1.54, 1.807) is 12.1 Å². The molecule has 0 N–H and O–H groups in total. The summed E-state index contributed by atoms with van der Waals surface area (Å²) < 4.78 is 14.8. The second-order valence-electron chi connectivity index (χ2n) is 14.7. The van der Waals surface area contributed by atoms with Crippen molar-refractivity contribution in [1.82, 2.24) is 0 Å². The molecule has 0 heterocycles. The molecule has 0 aliphatic carbocycles. The molecule has 0 radical (unpaired) electrons. The fraction of sp³-hybridized carbons (Fsp3) is 0.0769. The van der Waals surface area contributed by atoms with Crippen molar-refractivity contribution in [2.24, 2.45) is 10.2 Å². The van der Waals surface area contributed by atoms with Crippen LogP contribution in [0.3, 0.4) is 0 Å². The molecule has 8 rings (SSSR count). The van der Waals surface area contributed by atoms with E-state index in [1.165, 1.54) is 43.3 Å². The summed E-state index contributed by atoms with van der Waals surface area (Å²) in [5.41, 5.74) is 2.19. The van der Waals surface area contributed by atoms with Crippen LogP contribution in [0.2, 0.25) is 0 Å². The summed E-state index contributed by atoms with van der Waals surface area (Å²) in [6, 6.07) is 77.9. The minimum Gasteiger partial charge on any atom is -0.402 e. The lowest BCUT2D eigenvalue weighted by atomic mass is 10.2. The lowest BCUT2D eigenvalue weighted by Crippen LogP contribution is -2.70. The molecule has 0 spiro atoms. The first-order valence-electron chi connectivity index (χ1n) is 20.7. The molecule has 0 amide bonds. The summed E-state index contributed by atoms with van der Waals surface area (Å²) in [5, 5.41) is 27.0. The number of nitro benzene ring substituents is 1. The van der Waals surface area contributed by atoms with Crippen LogP contribution in [-0.4, -0.2) is 47.9 Å². The Morgan fingerprint density at radius 3 is 0.952 bits per heavy atom. The van der Waals surface area contributed by atoms with E-state index in [2.05, 4.69) is 209 Å². The summed E-state index contributed by atoms with van der Waals surface area (Å²) in [4.78, 5) is 13.0. The molecule has 0 aliphatic heterocycles. The molecule has 0 aromatic heterocycles. The van der Waals surface area contributed by atoms with Crippen LogP contribution in [0.4, 0.5) is 22.7 Å². The third kappa shape index (κ3) is 9.29. The zero-order valence-corrected chi connectivity index (χ0v) is 36.2. The molecule has 0 unspecified atom stereocenters. The summed E-state index contributed by atoms with van der Waals surface area (Å²) in [6.45, 7) is 2.08. The minimum absolute atomic E-state index is 0.00813. The first-order chi connectivity index (χ1) is 30.6. The van der Waals surface area contributed by atoms with E-state index in [-0.39, 0.29) is 5.69 Å². The highest BCUT2D eigenvalue weighted by Crippen LogP contribution is 2.24. The van der Waals surface area contributed by atoms with Gasteiger partial charge in [-0.2, -0.15) is 10.2 Å². The van der Waals surface area contributed by atoms with Crippen LogP contribution in [0.25, 0.3) is 0 Å². The number of hydrogen-bond donors (Lipinski definition) is 0. The first-order valence-corrected chi connectivity index (χ1v) is 24.5. The maximum absolute atomic E-state index is 11.1. The molecule has 0 fully saturated rings. The molecule has 62 heavy (non-hydrogen) atoms. The van der Waals surface area contributed by atoms with Gasteiger partial charge in [-0.25, -0.2) is 0 Å². The van der Waals surface area contributed by atoms with E-state index in [4.69, 9.17) is 8.85 Å². The Kier molecular flexibility index (Phi) is 13.4. The molecule has 0 saturated heterocycles. The van der Waals surface area contributed by atoms with Crippen LogP contribution in [0.1, 0.15) is 0 Å². The molecule has 10 heteroatoms. The monoisotopic (exact) mass is 846 g/mol. The Morgan fingerprint density at radius 2 is 0.677 bits per heavy atom. The summed E-state index contributed by atoms with van der Waals surface area (Å²) in [6.07, 6.45) is 0. The highest BCUT2D eigenvalue weighted by molar-refractivity contribution is 7.07. The van der Waals surface area contributed by atoms with Crippen LogP contribution in [-0.2, 0) is 8.85 Å². The number of non-ortho nitro benzene ring substituents is 1. The normalized spacial score (nSPS) is 11.7. The van der Waals surface area contributed by atoms with Crippen molar-refractivity contribution in [1.29, 1.82) is 0 Å². The van der Waals surface area contributed by atoms with Gasteiger partial charge in [0, 0.05) is 30.9 Å². The number of hydrogen-bond acceptors (Lipinski definition) is 7. The number of azo groups is 1. The van der Waals surface area contributed by atoms with Crippen LogP contribution < -0.4 is 36.0 Å². The topological polar surface area (TPSA) is 89.6 Å². The molecule has 0 aliphatic rings. The summed E-state index contributed by atoms with van der Waals surface area (Å²) >= 11 is 0. The van der Waals surface area contributed by atoms with Crippen LogP contribution in [0.5, 0.6) is 0 Å². The van der Waals surface area contributed by atoms with E-state index in [0.29, 0.717) is 37.7 Å². The fourth-order valence-electron chi connectivity index (χ4n) is 8.01. The van der Waals surface area contributed by atoms with Crippen molar-refractivity contribution in [3.63, 3.8) is 0 Å². The molecule has 0 saturated carbocycles. The zero-order valence-electron chi connectivity index (χ0n) is 34.2. The lowest BCUT2D eigenvalue weighted by molar-refractivity contribution is -0.384. The average Bonchev–Trinajstić information content (AvgIpc) is 3.35. The molecule has 306 valence electrons. The Balaban J connectivity index is 1.12. The Labute approximate surface area is 364 Å². The van der Waals surface area contributed by atoms with Crippen LogP contribution in [0.15, 0.2) is 241 Å². The minimum atomic E-state index is -2.96. The first kappa shape index (κ1) is 41.6. The van der Waals surface area contributed by atoms with E-state index in [9.17, 15) is 10.1 Å². The number of rotatable bonds is 18. The molecule has 0 bridgehead atoms. The zero-order chi connectivity index (χ0) is 42.5. The Hall–Kier alpha value is -7.09. The van der Waals surface area contributed by atoms with Gasteiger partial charge in [-0.15, -0.1) is 0 Å².